The summed E-state index contributed by atoms with van der Waals surface area (Å²) >= 11 is 0. The first kappa shape index (κ1) is 31.6. The lowest BCUT2D eigenvalue weighted by Gasteiger charge is -2.30. The van der Waals surface area contributed by atoms with Crippen molar-refractivity contribution in [3.8, 4) is 0 Å². The van der Waals surface area contributed by atoms with Crippen LogP contribution >= 0.6 is 0 Å². The fraction of sp³-hybridized carbons (Fsp3) is 0.963. The van der Waals surface area contributed by atoms with Crippen LogP contribution in [0.2, 0.25) is 0 Å². The minimum atomic E-state index is -0.932. The zero-order chi connectivity index (χ0) is 23.1. The molecule has 0 aliphatic carbocycles. The van der Waals surface area contributed by atoms with E-state index in [0.717, 1.165) is 25.2 Å². The standard InChI is InChI=1S/C21H46N.C6H12O2/c1-6-7-8-9-10-11-13-16-19-22(4,5)20-17-14-12-15-18-21(2)3;1-2-3-4-5-6(7)8/h21H,6-20H2,1-5H3;2-5H2,1H3,(H,7,8)/q+1;/p-1. The average molecular weight is 428 g/mol. The summed E-state index contributed by atoms with van der Waals surface area (Å²) in [5, 5.41) is 9.76. The van der Waals surface area contributed by atoms with Crippen LogP contribution in [0.15, 0.2) is 0 Å². The molecule has 0 bridgehead atoms. The Balaban J connectivity index is 0. The number of carbonyl (C=O) groups excluding carboxylic acids is 1. The topological polar surface area (TPSA) is 40.1 Å². The third kappa shape index (κ3) is 29.6. The van der Waals surface area contributed by atoms with Crippen LogP contribution in [0, 0.1) is 5.92 Å². The van der Waals surface area contributed by atoms with Gasteiger partial charge in [-0.1, -0.05) is 98.3 Å². The summed E-state index contributed by atoms with van der Waals surface area (Å²) in [6, 6.07) is 0. The number of carbonyl (C=O) groups is 1. The molecule has 30 heavy (non-hydrogen) atoms. The number of carboxylic acids is 1. The van der Waals surface area contributed by atoms with E-state index in [1.165, 1.54) is 101 Å². The van der Waals surface area contributed by atoms with Gasteiger partial charge in [0.05, 0.1) is 27.2 Å². The molecule has 0 amide bonds. The minimum Gasteiger partial charge on any atom is -0.550 e. The SMILES string of the molecule is CCCCCC(=O)[O-].CCCCCCCCCC[N+](C)(C)CCCCCCC(C)C. The fourth-order valence-electron chi connectivity index (χ4n) is 3.75. The summed E-state index contributed by atoms with van der Waals surface area (Å²) in [5.41, 5.74) is 0. The first-order chi connectivity index (χ1) is 14.2. The Morgan fingerprint density at radius 2 is 1.07 bits per heavy atom. The van der Waals surface area contributed by atoms with Crippen LogP contribution in [-0.4, -0.2) is 37.6 Å². The first-order valence-corrected chi connectivity index (χ1v) is 13.3. The smallest absolute Gasteiger partial charge is 0.0782 e. The maximum absolute atomic E-state index is 9.76. The molecule has 0 spiro atoms. The summed E-state index contributed by atoms with van der Waals surface area (Å²) in [7, 11) is 4.85. The van der Waals surface area contributed by atoms with Gasteiger partial charge in [0.15, 0.2) is 0 Å². The molecule has 0 aromatic carbocycles. The van der Waals surface area contributed by atoms with Crippen LogP contribution in [0.4, 0.5) is 0 Å². The minimum absolute atomic E-state index is 0.216. The molecule has 0 aromatic heterocycles. The van der Waals surface area contributed by atoms with Crippen molar-refractivity contribution in [3.63, 3.8) is 0 Å². The second-order valence-electron chi connectivity index (χ2n) is 10.3. The molecule has 182 valence electrons. The number of rotatable bonds is 20. The van der Waals surface area contributed by atoms with E-state index in [4.69, 9.17) is 0 Å². The van der Waals surface area contributed by atoms with E-state index >= 15 is 0 Å². The van der Waals surface area contributed by atoms with Crippen molar-refractivity contribution in [1.82, 2.24) is 0 Å². The molecule has 0 rings (SSSR count). The highest BCUT2D eigenvalue weighted by molar-refractivity contribution is 5.63. The molecule has 3 heteroatoms. The van der Waals surface area contributed by atoms with Gasteiger partial charge in [-0.25, -0.2) is 0 Å². The average Bonchev–Trinajstić information content (AvgIpc) is 2.67. The molecule has 0 saturated heterocycles. The van der Waals surface area contributed by atoms with E-state index in [-0.39, 0.29) is 6.42 Å². The van der Waals surface area contributed by atoms with Crippen LogP contribution in [0.5, 0.6) is 0 Å². The summed E-state index contributed by atoms with van der Waals surface area (Å²) in [5.74, 6) is -0.0485. The molecule has 0 radical (unpaired) electrons. The largest absolute Gasteiger partial charge is 0.550 e. The van der Waals surface area contributed by atoms with Gasteiger partial charge in [0.25, 0.3) is 0 Å². The predicted molar refractivity (Wildman–Crippen MR) is 132 cm³/mol. The van der Waals surface area contributed by atoms with Crippen molar-refractivity contribution in [2.45, 2.75) is 137 Å². The van der Waals surface area contributed by atoms with Gasteiger partial charge >= 0.3 is 0 Å². The number of aliphatic carboxylic acids is 1. The molecule has 0 aliphatic heterocycles. The Hall–Kier alpha value is -0.570. The first-order valence-electron chi connectivity index (χ1n) is 13.3. The van der Waals surface area contributed by atoms with Gasteiger partial charge in [-0.2, -0.15) is 0 Å². The molecule has 0 unspecified atom stereocenters. The molecular weight excluding hydrogens is 370 g/mol. The van der Waals surface area contributed by atoms with Gasteiger partial charge in [-0.15, -0.1) is 0 Å². The molecule has 0 N–H and O–H groups in total. The second-order valence-corrected chi connectivity index (χ2v) is 10.3. The van der Waals surface area contributed by atoms with Crippen LogP contribution in [0.1, 0.15) is 137 Å². The number of hydrogen-bond donors (Lipinski definition) is 0. The molecule has 3 nitrogen and oxygen atoms in total. The zero-order valence-electron chi connectivity index (χ0n) is 21.8. The number of carboxylic acid groups (broad SMARTS) is 1. The van der Waals surface area contributed by atoms with Gasteiger partial charge in [0, 0.05) is 5.97 Å². The van der Waals surface area contributed by atoms with Crippen molar-refractivity contribution in [2.75, 3.05) is 27.2 Å². The van der Waals surface area contributed by atoms with Gasteiger partial charge in [-0.3, -0.25) is 0 Å². The monoisotopic (exact) mass is 427 g/mol. The number of nitrogens with zero attached hydrogens (tertiary/aromatic N) is 1. The molecule has 0 aromatic rings. The normalized spacial score (nSPS) is 11.4. The summed E-state index contributed by atoms with van der Waals surface area (Å²) in [6.45, 7) is 11.8. The Morgan fingerprint density at radius 3 is 1.50 bits per heavy atom. The molecular formula is C27H57NO2. The molecule has 0 heterocycles. The lowest BCUT2D eigenvalue weighted by molar-refractivity contribution is -0.890. The van der Waals surface area contributed by atoms with Gasteiger partial charge in [0.1, 0.15) is 0 Å². The van der Waals surface area contributed by atoms with E-state index in [9.17, 15) is 9.90 Å². The number of quaternary nitrogens is 1. The van der Waals surface area contributed by atoms with Crippen LogP contribution in [-0.2, 0) is 4.79 Å². The van der Waals surface area contributed by atoms with Crippen molar-refractivity contribution in [2.24, 2.45) is 5.92 Å². The Morgan fingerprint density at radius 1 is 0.667 bits per heavy atom. The second kappa shape index (κ2) is 23.1. The third-order valence-electron chi connectivity index (χ3n) is 5.90. The fourth-order valence-corrected chi connectivity index (χ4v) is 3.75. The molecule has 0 aliphatic rings. The maximum Gasteiger partial charge on any atom is 0.0782 e. The summed E-state index contributed by atoms with van der Waals surface area (Å²) < 4.78 is 1.24. The van der Waals surface area contributed by atoms with Gasteiger partial charge < -0.3 is 14.4 Å². The number of unbranched alkanes of at least 4 members (excludes halogenated alkanes) is 12. The molecule has 0 atom stereocenters. The van der Waals surface area contributed by atoms with E-state index < -0.39 is 5.97 Å². The third-order valence-corrected chi connectivity index (χ3v) is 5.90. The highest BCUT2D eigenvalue weighted by Crippen LogP contribution is 2.13. The van der Waals surface area contributed by atoms with E-state index in [2.05, 4.69) is 34.9 Å². The van der Waals surface area contributed by atoms with Crippen molar-refractivity contribution in [1.29, 1.82) is 0 Å². The van der Waals surface area contributed by atoms with E-state index in [1.807, 2.05) is 6.92 Å². The van der Waals surface area contributed by atoms with Crippen molar-refractivity contribution < 1.29 is 14.4 Å². The van der Waals surface area contributed by atoms with Crippen LogP contribution in [0.25, 0.3) is 0 Å². The van der Waals surface area contributed by atoms with E-state index in [1.54, 1.807) is 0 Å². The maximum atomic E-state index is 9.76. The predicted octanol–water partition coefficient (Wildman–Crippen LogP) is 7.13. The lowest BCUT2D eigenvalue weighted by Crippen LogP contribution is -2.41. The number of hydrogen-bond acceptors (Lipinski definition) is 2. The van der Waals surface area contributed by atoms with Gasteiger partial charge in [-0.05, 0) is 44.4 Å². The Kier molecular flexibility index (Phi) is 24.3. The Labute approximate surface area is 190 Å². The van der Waals surface area contributed by atoms with Crippen LogP contribution in [0.3, 0.4) is 0 Å². The molecule has 0 saturated carbocycles. The highest BCUT2D eigenvalue weighted by Gasteiger charge is 2.13. The summed E-state index contributed by atoms with van der Waals surface area (Å²) in [6.07, 6.45) is 21.7. The zero-order valence-corrected chi connectivity index (χ0v) is 21.8. The molecule has 0 fully saturated rings. The van der Waals surface area contributed by atoms with Gasteiger partial charge in [0.2, 0.25) is 0 Å². The summed E-state index contributed by atoms with van der Waals surface area (Å²) in [4.78, 5) is 9.76. The van der Waals surface area contributed by atoms with E-state index in [0.29, 0.717) is 0 Å². The van der Waals surface area contributed by atoms with Crippen LogP contribution < -0.4 is 5.11 Å². The Bertz CT molecular complexity index is 353. The highest BCUT2D eigenvalue weighted by atomic mass is 16.4. The lowest BCUT2D eigenvalue weighted by atomic mass is 10.0. The van der Waals surface area contributed by atoms with Crippen molar-refractivity contribution in [3.05, 3.63) is 0 Å². The van der Waals surface area contributed by atoms with Crippen molar-refractivity contribution >= 4 is 5.97 Å². The quantitative estimate of drug-likeness (QED) is 0.153.